The topological polar surface area (TPSA) is 63.1 Å². The summed E-state index contributed by atoms with van der Waals surface area (Å²) in [4.78, 5) is 20.2. The number of pyridine rings is 1. The summed E-state index contributed by atoms with van der Waals surface area (Å²) in [6, 6.07) is 13.7. The molecule has 0 spiro atoms. The number of carbonyl (C=O) groups is 1. The first-order chi connectivity index (χ1) is 13.6. The van der Waals surface area contributed by atoms with Gasteiger partial charge in [-0.15, -0.1) is 0 Å². The van der Waals surface area contributed by atoms with E-state index in [0.29, 0.717) is 12.2 Å². The maximum absolute atomic E-state index is 13.4. The number of para-hydroxylation sites is 1. The number of carbonyl (C=O) groups excluding carboxylic acids is 1. The number of amides is 1. The molecule has 0 saturated carbocycles. The number of nitrogens with one attached hydrogen (secondary N) is 1. The molecule has 0 radical (unpaired) electrons. The maximum atomic E-state index is 13.4. The summed E-state index contributed by atoms with van der Waals surface area (Å²) in [5.74, 6) is -0.0251. The molecule has 4 rings (SSSR count). The van der Waals surface area contributed by atoms with Crippen molar-refractivity contribution in [2.75, 3.05) is 13.1 Å². The molecule has 3 aromatic rings. The molecule has 1 amide bonds. The average Bonchev–Trinajstić information content (AvgIpc) is 3.14. The standard InChI is InChI=1S/C22H25N5O/c1-4-23-20-15(2)12-14-27(22(28)19-11-13-24-26(19)3)21(20)18-10-9-16-7-5-6-8-17(16)25-18/h5-11,13,21,23H,4,12,14H2,1-3H3/t21-/m1/s1. The van der Waals surface area contributed by atoms with Gasteiger partial charge in [-0.25, -0.2) is 0 Å². The van der Waals surface area contributed by atoms with E-state index in [0.717, 1.165) is 35.3 Å². The normalized spacial score (nSPS) is 17.2. The lowest BCUT2D eigenvalue weighted by Gasteiger charge is -2.38. The van der Waals surface area contributed by atoms with Crippen LogP contribution in [0.5, 0.6) is 0 Å². The minimum atomic E-state index is -0.235. The van der Waals surface area contributed by atoms with Crippen molar-refractivity contribution in [2.45, 2.75) is 26.3 Å². The molecule has 6 nitrogen and oxygen atoms in total. The Labute approximate surface area is 164 Å². The molecule has 1 aliphatic heterocycles. The molecular formula is C22H25N5O. The number of hydrogen-bond acceptors (Lipinski definition) is 4. The van der Waals surface area contributed by atoms with E-state index in [1.54, 1.807) is 24.0 Å². The van der Waals surface area contributed by atoms with Crippen LogP contribution in [0.25, 0.3) is 10.9 Å². The predicted molar refractivity (Wildman–Crippen MR) is 110 cm³/mol. The summed E-state index contributed by atoms with van der Waals surface area (Å²) < 4.78 is 1.63. The van der Waals surface area contributed by atoms with E-state index in [-0.39, 0.29) is 11.9 Å². The van der Waals surface area contributed by atoms with Gasteiger partial charge in [-0.05, 0) is 38.5 Å². The van der Waals surface area contributed by atoms with Crippen molar-refractivity contribution in [3.63, 3.8) is 0 Å². The zero-order valence-electron chi connectivity index (χ0n) is 16.5. The Morgan fingerprint density at radius 3 is 2.79 bits per heavy atom. The van der Waals surface area contributed by atoms with Crippen molar-refractivity contribution in [3.8, 4) is 0 Å². The van der Waals surface area contributed by atoms with Crippen LogP contribution in [0.2, 0.25) is 0 Å². The van der Waals surface area contributed by atoms with Crippen LogP contribution in [-0.4, -0.2) is 38.7 Å². The summed E-state index contributed by atoms with van der Waals surface area (Å²) in [7, 11) is 1.80. The lowest BCUT2D eigenvalue weighted by molar-refractivity contribution is 0.0670. The zero-order valence-corrected chi connectivity index (χ0v) is 16.5. The third-order valence-electron chi connectivity index (χ3n) is 5.34. The summed E-state index contributed by atoms with van der Waals surface area (Å²) in [6.45, 7) is 5.67. The Hall–Kier alpha value is -3.15. The Kier molecular flexibility index (Phi) is 4.86. The predicted octanol–water partition coefficient (Wildman–Crippen LogP) is 3.44. The number of hydrogen-bond donors (Lipinski definition) is 1. The summed E-state index contributed by atoms with van der Waals surface area (Å²) >= 11 is 0. The maximum Gasteiger partial charge on any atom is 0.273 e. The van der Waals surface area contributed by atoms with Gasteiger partial charge in [0.15, 0.2) is 0 Å². The van der Waals surface area contributed by atoms with Gasteiger partial charge in [-0.1, -0.05) is 29.8 Å². The average molecular weight is 375 g/mol. The number of aryl methyl sites for hydroxylation is 1. The lowest BCUT2D eigenvalue weighted by atomic mass is 9.95. The number of fused-ring (bicyclic) bond motifs is 1. The van der Waals surface area contributed by atoms with E-state index >= 15 is 0 Å². The van der Waals surface area contributed by atoms with Gasteiger partial charge in [0.1, 0.15) is 11.7 Å². The van der Waals surface area contributed by atoms with Crippen LogP contribution < -0.4 is 5.32 Å². The molecule has 0 aliphatic carbocycles. The van der Waals surface area contributed by atoms with E-state index in [1.165, 1.54) is 5.57 Å². The molecule has 144 valence electrons. The fourth-order valence-electron chi connectivity index (χ4n) is 3.87. The van der Waals surface area contributed by atoms with E-state index < -0.39 is 0 Å². The SMILES string of the molecule is CCNC1=C(C)CCN(C(=O)c2ccnn2C)[C@@H]1c1ccc2ccccc2n1. The molecular weight excluding hydrogens is 350 g/mol. The molecule has 6 heteroatoms. The monoisotopic (exact) mass is 375 g/mol. The van der Waals surface area contributed by atoms with Crippen LogP contribution in [0.1, 0.15) is 42.5 Å². The second-order valence-corrected chi connectivity index (χ2v) is 7.14. The fraction of sp³-hybridized carbons (Fsp3) is 0.318. The van der Waals surface area contributed by atoms with E-state index in [9.17, 15) is 4.79 Å². The Bertz CT molecular complexity index is 1050. The number of nitrogens with zero attached hydrogens (tertiary/aromatic N) is 4. The Morgan fingerprint density at radius 2 is 2.04 bits per heavy atom. The largest absolute Gasteiger partial charge is 0.387 e. The van der Waals surface area contributed by atoms with Gasteiger partial charge < -0.3 is 10.2 Å². The van der Waals surface area contributed by atoms with Crippen LogP contribution in [0.3, 0.4) is 0 Å². The Balaban J connectivity index is 1.83. The van der Waals surface area contributed by atoms with Crippen molar-refractivity contribution in [3.05, 3.63) is 71.3 Å². The number of likely N-dealkylation sites (N-methyl/N-ethyl adjacent to an activating group) is 1. The second-order valence-electron chi connectivity index (χ2n) is 7.14. The molecule has 1 N–H and O–H groups in total. The van der Waals surface area contributed by atoms with E-state index in [2.05, 4.69) is 36.4 Å². The van der Waals surface area contributed by atoms with Gasteiger partial charge in [-0.3, -0.25) is 14.5 Å². The van der Waals surface area contributed by atoms with Crippen molar-refractivity contribution in [2.24, 2.45) is 7.05 Å². The van der Waals surface area contributed by atoms with Gasteiger partial charge >= 0.3 is 0 Å². The molecule has 1 aromatic carbocycles. The number of aromatic nitrogens is 3. The fourth-order valence-corrected chi connectivity index (χ4v) is 3.87. The second kappa shape index (κ2) is 7.46. The van der Waals surface area contributed by atoms with Gasteiger partial charge in [0, 0.05) is 37.4 Å². The van der Waals surface area contributed by atoms with Crippen LogP contribution in [-0.2, 0) is 7.05 Å². The molecule has 0 saturated heterocycles. The molecule has 1 aliphatic rings. The van der Waals surface area contributed by atoms with E-state index in [4.69, 9.17) is 4.98 Å². The minimum Gasteiger partial charge on any atom is -0.387 e. The van der Waals surface area contributed by atoms with Crippen LogP contribution in [0, 0.1) is 0 Å². The minimum absolute atomic E-state index is 0.0251. The van der Waals surface area contributed by atoms with Crippen LogP contribution in [0.4, 0.5) is 0 Å². The molecule has 1 atom stereocenters. The summed E-state index contributed by atoms with van der Waals surface area (Å²) in [5, 5.41) is 8.76. The highest BCUT2D eigenvalue weighted by Gasteiger charge is 2.35. The van der Waals surface area contributed by atoms with Crippen LogP contribution in [0.15, 0.2) is 59.9 Å². The Morgan fingerprint density at radius 1 is 1.21 bits per heavy atom. The van der Waals surface area contributed by atoms with Crippen molar-refractivity contribution in [1.82, 2.24) is 25.0 Å². The molecule has 3 heterocycles. The highest BCUT2D eigenvalue weighted by molar-refractivity contribution is 5.93. The molecule has 2 aromatic heterocycles. The van der Waals surface area contributed by atoms with Gasteiger partial charge in [0.2, 0.25) is 0 Å². The highest BCUT2D eigenvalue weighted by atomic mass is 16.2. The molecule has 0 fully saturated rings. The van der Waals surface area contributed by atoms with E-state index in [1.807, 2.05) is 29.2 Å². The highest BCUT2D eigenvalue weighted by Crippen LogP contribution is 2.35. The van der Waals surface area contributed by atoms with Gasteiger partial charge in [0.25, 0.3) is 5.91 Å². The quantitative estimate of drug-likeness (QED) is 0.759. The third-order valence-corrected chi connectivity index (χ3v) is 5.34. The van der Waals surface area contributed by atoms with Crippen molar-refractivity contribution >= 4 is 16.8 Å². The smallest absolute Gasteiger partial charge is 0.273 e. The molecule has 0 bridgehead atoms. The molecule has 28 heavy (non-hydrogen) atoms. The van der Waals surface area contributed by atoms with Gasteiger partial charge in [0.05, 0.1) is 11.2 Å². The third kappa shape index (κ3) is 3.15. The lowest BCUT2D eigenvalue weighted by Crippen LogP contribution is -2.43. The summed E-state index contributed by atoms with van der Waals surface area (Å²) in [5.41, 5.74) is 4.75. The number of rotatable bonds is 4. The van der Waals surface area contributed by atoms with Crippen molar-refractivity contribution < 1.29 is 4.79 Å². The van der Waals surface area contributed by atoms with Gasteiger partial charge in [-0.2, -0.15) is 5.10 Å². The molecule has 0 unspecified atom stereocenters. The first-order valence-electron chi connectivity index (χ1n) is 9.68. The van der Waals surface area contributed by atoms with Crippen LogP contribution >= 0.6 is 0 Å². The zero-order chi connectivity index (χ0) is 19.7. The van der Waals surface area contributed by atoms with Crippen molar-refractivity contribution in [1.29, 1.82) is 0 Å². The number of benzene rings is 1. The first kappa shape index (κ1) is 18.2. The first-order valence-corrected chi connectivity index (χ1v) is 9.68. The summed E-state index contributed by atoms with van der Waals surface area (Å²) in [6.07, 6.45) is 2.50.